The number of nitrogens with two attached hydrogens (primary N) is 1. The Labute approximate surface area is 99.8 Å². The fourth-order valence-corrected chi connectivity index (χ4v) is 2.43. The van der Waals surface area contributed by atoms with E-state index < -0.39 is 0 Å². The maximum atomic E-state index is 5.74. The quantitative estimate of drug-likeness (QED) is 0.823. The van der Waals surface area contributed by atoms with Crippen LogP contribution in [0.15, 0.2) is 30.7 Å². The number of imidazole rings is 1. The molecule has 1 aromatic heterocycles. The van der Waals surface area contributed by atoms with Crippen LogP contribution < -0.4 is 5.73 Å². The molecule has 17 heavy (non-hydrogen) atoms. The van der Waals surface area contributed by atoms with E-state index in [1.54, 1.807) is 6.33 Å². The van der Waals surface area contributed by atoms with Gasteiger partial charge in [0, 0.05) is 12.1 Å². The second kappa shape index (κ2) is 4.31. The Bertz CT molecular complexity index is 507. The Balaban J connectivity index is 2.12. The molecule has 0 saturated carbocycles. The molecule has 0 bridgehead atoms. The highest BCUT2D eigenvalue weighted by atomic mass is 16.5. The van der Waals surface area contributed by atoms with Gasteiger partial charge in [-0.05, 0) is 17.5 Å². The standard InChI is InChI=1S/C13H15N3O/c14-6-13-11-3-1-2-10(9(11)4-5-17-13)12-7-15-8-16-12/h1-3,7-8,13H,4-6,14H2,(H,15,16)/t13-/m0/s1. The van der Waals surface area contributed by atoms with Crippen molar-refractivity contribution in [3.63, 3.8) is 0 Å². The van der Waals surface area contributed by atoms with Gasteiger partial charge in [-0.15, -0.1) is 0 Å². The third-order valence-corrected chi connectivity index (χ3v) is 3.23. The molecule has 0 amide bonds. The summed E-state index contributed by atoms with van der Waals surface area (Å²) in [4.78, 5) is 7.23. The molecule has 2 aromatic rings. The first-order chi connectivity index (χ1) is 8.40. The molecule has 0 spiro atoms. The zero-order valence-corrected chi connectivity index (χ0v) is 9.52. The number of ether oxygens (including phenoxy) is 1. The monoisotopic (exact) mass is 229 g/mol. The van der Waals surface area contributed by atoms with E-state index in [0.29, 0.717) is 6.54 Å². The van der Waals surface area contributed by atoms with Crippen molar-refractivity contribution in [2.45, 2.75) is 12.5 Å². The number of H-pyrrole nitrogens is 1. The maximum Gasteiger partial charge on any atom is 0.0950 e. The molecule has 3 rings (SSSR count). The molecule has 1 aromatic carbocycles. The van der Waals surface area contributed by atoms with E-state index in [1.165, 1.54) is 16.7 Å². The fraction of sp³-hybridized carbons (Fsp3) is 0.308. The van der Waals surface area contributed by atoms with Gasteiger partial charge in [0.1, 0.15) is 0 Å². The van der Waals surface area contributed by atoms with Crippen molar-refractivity contribution in [2.75, 3.05) is 13.2 Å². The summed E-state index contributed by atoms with van der Waals surface area (Å²) in [7, 11) is 0. The summed E-state index contributed by atoms with van der Waals surface area (Å²) in [5.41, 5.74) is 10.6. The Hall–Kier alpha value is -1.65. The van der Waals surface area contributed by atoms with Gasteiger partial charge in [-0.3, -0.25) is 0 Å². The number of rotatable bonds is 2. The van der Waals surface area contributed by atoms with Crippen molar-refractivity contribution in [3.05, 3.63) is 41.9 Å². The lowest BCUT2D eigenvalue weighted by Gasteiger charge is -2.26. The number of hydrogen-bond acceptors (Lipinski definition) is 3. The van der Waals surface area contributed by atoms with E-state index in [4.69, 9.17) is 10.5 Å². The summed E-state index contributed by atoms with van der Waals surface area (Å²) in [6.07, 6.45) is 4.51. The molecule has 1 aliphatic heterocycles. The van der Waals surface area contributed by atoms with E-state index in [-0.39, 0.29) is 6.10 Å². The van der Waals surface area contributed by atoms with Crippen molar-refractivity contribution in [2.24, 2.45) is 5.73 Å². The molecule has 3 N–H and O–H groups in total. The zero-order chi connectivity index (χ0) is 11.7. The van der Waals surface area contributed by atoms with Crippen LogP contribution in [0.3, 0.4) is 0 Å². The fourth-order valence-electron chi connectivity index (χ4n) is 2.43. The van der Waals surface area contributed by atoms with Crippen molar-refractivity contribution in [3.8, 4) is 11.3 Å². The highest BCUT2D eigenvalue weighted by molar-refractivity contribution is 5.65. The van der Waals surface area contributed by atoms with Crippen LogP contribution in [0.1, 0.15) is 17.2 Å². The number of aromatic amines is 1. The topological polar surface area (TPSA) is 63.9 Å². The largest absolute Gasteiger partial charge is 0.372 e. The Morgan fingerprint density at radius 2 is 2.41 bits per heavy atom. The molecule has 0 fully saturated rings. The predicted molar refractivity (Wildman–Crippen MR) is 65.5 cm³/mol. The molecule has 0 saturated heterocycles. The van der Waals surface area contributed by atoms with Gasteiger partial charge in [0.2, 0.25) is 0 Å². The summed E-state index contributed by atoms with van der Waals surface area (Å²) < 4.78 is 5.68. The average Bonchev–Trinajstić information content (AvgIpc) is 2.91. The third-order valence-electron chi connectivity index (χ3n) is 3.23. The van der Waals surface area contributed by atoms with Crippen LogP contribution in [-0.4, -0.2) is 23.1 Å². The van der Waals surface area contributed by atoms with Crippen molar-refractivity contribution in [1.29, 1.82) is 0 Å². The van der Waals surface area contributed by atoms with Gasteiger partial charge < -0.3 is 15.5 Å². The van der Waals surface area contributed by atoms with Gasteiger partial charge in [-0.25, -0.2) is 4.98 Å². The first-order valence-electron chi connectivity index (χ1n) is 5.82. The molecule has 1 aliphatic rings. The number of nitrogens with zero attached hydrogens (tertiary/aromatic N) is 1. The molecule has 4 nitrogen and oxygen atoms in total. The normalized spacial score (nSPS) is 19.0. The van der Waals surface area contributed by atoms with Crippen LogP contribution in [-0.2, 0) is 11.2 Å². The SMILES string of the molecule is NC[C@@H]1OCCc2c(-c3cnc[nH]3)cccc21. The summed E-state index contributed by atoms with van der Waals surface area (Å²) in [5.74, 6) is 0. The molecule has 2 heterocycles. The molecule has 0 radical (unpaired) electrons. The summed E-state index contributed by atoms with van der Waals surface area (Å²) in [6.45, 7) is 1.26. The zero-order valence-electron chi connectivity index (χ0n) is 9.52. The van der Waals surface area contributed by atoms with Crippen molar-refractivity contribution in [1.82, 2.24) is 9.97 Å². The summed E-state index contributed by atoms with van der Waals surface area (Å²) >= 11 is 0. The van der Waals surface area contributed by atoms with Crippen LogP contribution >= 0.6 is 0 Å². The highest BCUT2D eigenvalue weighted by Crippen LogP contribution is 2.32. The van der Waals surface area contributed by atoms with Crippen LogP contribution in [0.5, 0.6) is 0 Å². The number of aromatic nitrogens is 2. The molecule has 88 valence electrons. The van der Waals surface area contributed by atoms with E-state index >= 15 is 0 Å². The maximum absolute atomic E-state index is 5.74. The summed E-state index contributed by atoms with van der Waals surface area (Å²) in [5, 5.41) is 0. The molecule has 4 heteroatoms. The first kappa shape index (κ1) is 10.5. The predicted octanol–water partition coefficient (Wildman–Crippen LogP) is 1.65. The number of benzene rings is 1. The molecule has 1 atom stereocenters. The Kier molecular flexibility index (Phi) is 2.66. The Morgan fingerprint density at radius 3 is 3.18 bits per heavy atom. The highest BCUT2D eigenvalue weighted by Gasteiger charge is 2.22. The lowest BCUT2D eigenvalue weighted by molar-refractivity contribution is 0.0486. The van der Waals surface area contributed by atoms with Crippen LogP contribution in [0.2, 0.25) is 0 Å². The second-order valence-corrected chi connectivity index (χ2v) is 4.18. The van der Waals surface area contributed by atoms with Gasteiger partial charge in [-0.1, -0.05) is 18.2 Å². The van der Waals surface area contributed by atoms with E-state index in [0.717, 1.165) is 18.7 Å². The van der Waals surface area contributed by atoms with Crippen LogP contribution in [0, 0.1) is 0 Å². The number of nitrogens with one attached hydrogen (secondary N) is 1. The van der Waals surface area contributed by atoms with Gasteiger partial charge in [0.25, 0.3) is 0 Å². The van der Waals surface area contributed by atoms with Gasteiger partial charge >= 0.3 is 0 Å². The van der Waals surface area contributed by atoms with Crippen LogP contribution in [0.4, 0.5) is 0 Å². The molecule has 0 aliphatic carbocycles. The van der Waals surface area contributed by atoms with E-state index in [9.17, 15) is 0 Å². The van der Waals surface area contributed by atoms with Crippen LogP contribution in [0.25, 0.3) is 11.3 Å². The first-order valence-corrected chi connectivity index (χ1v) is 5.82. The number of hydrogen-bond donors (Lipinski definition) is 2. The molecular formula is C13H15N3O. The lowest BCUT2D eigenvalue weighted by Crippen LogP contribution is -2.23. The minimum absolute atomic E-state index is 0.0293. The van der Waals surface area contributed by atoms with E-state index in [1.807, 2.05) is 12.3 Å². The Morgan fingerprint density at radius 1 is 1.47 bits per heavy atom. The molecule has 0 unspecified atom stereocenters. The minimum Gasteiger partial charge on any atom is -0.372 e. The van der Waals surface area contributed by atoms with Gasteiger partial charge in [-0.2, -0.15) is 0 Å². The second-order valence-electron chi connectivity index (χ2n) is 4.18. The van der Waals surface area contributed by atoms with Gasteiger partial charge in [0.15, 0.2) is 0 Å². The lowest BCUT2D eigenvalue weighted by atomic mass is 9.92. The van der Waals surface area contributed by atoms with Crippen molar-refractivity contribution >= 4 is 0 Å². The minimum atomic E-state index is 0.0293. The van der Waals surface area contributed by atoms with Gasteiger partial charge in [0.05, 0.1) is 30.9 Å². The average molecular weight is 229 g/mol. The molecular weight excluding hydrogens is 214 g/mol. The summed E-state index contributed by atoms with van der Waals surface area (Å²) in [6, 6.07) is 6.27. The van der Waals surface area contributed by atoms with E-state index in [2.05, 4.69) is 22.1 Å². The van der Waals surface area contributed by atoms with Crippen molar-refractivity contribution < 1.29 is 4.74 Å². The smallest absolute Gasteiger partial charge is 0.0950 e. The number of fused-ring (bicyclic) bond motifs is 1. The third kappa shape index (κ3) is 1.75.